The summed E-state index contributed by atoms with van der Waals surface area (Å²) < 4.78 is 50.5. The molecule has 0 atom stereocenters. The molecule has 1 heterocycles. The quantitative estimate of drug-likeness (QED) is 0.383. The highest BCUT2D eigenvalue weighted by molar-refractivity contribution is 6.07. The lowest BCUT2D eigenvalue weighted by atomic mass is 10.1. The average molecular weight is 444 g/mol. The van der Waals surface area contributed by atoms with E-state index in [-0.39, 0.29) is 17.2 Å². The Labute approximate surface area is 181 Å². The van der Waals surface area contributed by atoms with E-state index < -0.39 is 17.5 Å². The number of allylic oxidation sites excluding steroid dienone is 2. The predicted octanol–water partition coefficient (Wildman–Crippen LogP) is 4.90. The van der Waals surface area contributed by atoms with Gasteiger partial charge in [0.25, 0.3) is 0 Å². The molecule has 0 aliphatic rings. The number of rotatable bonds is 7. The normalized spacial score (nSPS) is 11.6. The molecule has 0 aliphatic carbocycles. The van der Waals surface area contributed by atoms with Gasteiger partial charge < -0.3 is 9.47 Å². The maximum atomic E-state index is 12.9. The number of carbonyl (C=O) groups excluding carboxylic acids is 2. The molecule has 9 heteroatoms. The lowest BCUT2D eigenvalue weighted by molar-refractivity contribution is -0.137. The second-order valence-corrected chi connectivity index (χ2v) is 6.75. The van der Waals surface area contributed by atoms with Gasteiger partial charge in [0.2, 0.25) is 5.78 Å². The van der Waals surface area contributed by atoms with Crippen molar-refractivity contribution in [3.8, 4) is 28.4 Å². The van der Waals surface area contributed by atoms with Gasteiger partial charge >= 0.3 is 6.18 Å². The number of alkyl halides is 3. The molecule has 2 aromatic carbocycles. The van der Waals surface area contributed by atoms with E-state index in [0.717, 1.165) is 24.3 Å². The molecule has 0 bridgehead atoms. The van der Waals surface area contributed by atoms with Crippen LogP contribution >= 0.6 is 0 Å². The second-order valence-electron chi connectivity index (χ2n) is 6.75. The molecule has 0 saturated heterocycles. The summed E-state index contributed by atoms with van der Waals surface area (Å²) >= 11 is 0. The first-order valence-electron chi connectivity index (χ1n) is 9.37. The standard InChI is InChI=1S/C23H19F3N2O4/c1-14(29)4-10-20(30)19-13-18(15-5-11-21(31-2)22(12-15)32-3)27-28(19)17-8-6-16(7-9-17)23(24,25)26/h4-13H,1-3H3/b10-4-. The minimum Gasteiger partial charge on any atom is -0.493 e. The summed E-state index contributed by atoms with van der Waals surface area (Å²) in [6, 6.07) is 10.8. The molecule has 6 nitrogen and oxygen atoms in total. The van der Waals surface area contributed by atoms with Gasteiger partial charge in [-0.1, -0.05) is 0 Å². The Balaban J connectivity index is 2.12. The van der Waals surface area contributed by atoms with Crippen molar-refractivity contribution in [1.82, 2.24) is 9.78 Å². The average Bonchev–Trinajstić information content (AvgIpc) is 3.22. The molecule has 0 spiro atoms. The van der Waals surface area contributed by atoms with E-state index in [4.69, 9.17) is 9.47 Å². The van der Waals surface area contributed by atoms with Crippen molar-refractivity contribution in [2.24, 2.45) is 0 Å². The molecule has 0 radical (unpaired) electrons. The van der Waals surface area contributed by atoms with Crippen LogP contribution in [0.25, 0.3) is 16.9 Å². The van der Waals surface area contributed by atoms with Crippen LogP contribution in [0.15, 0.2) is 60.7 Å². The number of carbonyl (C=O) groups is 2. The Bertz CT molecular complexity index is 1180. The predicted molar refractivity (Wildman–Crippen MR) is 111 cm³/mol. The van der Waals surface area contributed by atoms with Gasteiger partial charge in [-0.05, 0) is 67.6 Å². The number of nitrogens with zero attached hydrogens (tertiary/aromatic N) is 2. The highest BCUT2D eigenvalue weighted by atomic mass is 19.4. The Hall–Kier alpha value is -3.88. The minimum absolute atomic E-state index is 0.0760. The van der Waals surface area contributed by atoms with Crippen molar-refractivity contribution < 1.29 is 32.2 Å². The van der Waals surface area contributed by atoms with Gasteiger partial charge in [0.15, 0.2) is 17.3 Å². The van der Waals surface area contributed by atoms with E-state index in [1.165, 1.54) is 44.0 Å². The van der Waals surface area contributed by atoms with Gasteiger partial charge in [-0.3, -0.25) is 9.59 Å². The van der Waals surface area contributed by atoms with Crippen LogP contribution in [0.5, 0.6) is 11.5 Å². The minimum atomic E-state index is -4.49. The van der Waals surface area contributed by atoms with E-state index in [2.05, 4.69) is 5.10 Å². The van der Waals surface area contributed by atoms with Crippen molar-refractivity contribution in [1.29, 1.82) is 0 Å². The van der Waals surface area contributed by atoms with Crippen LogP contribution < -0.4 is 9.47 Å². The molecule has 32 heavy (non-hydrogen) atoms. The topological polar surface area (TPSA) is 70.4 Å². The van der Waals surface area contributed by atoms with Crippen LogP contribution in [-0.4, -0.2) is 35.6 Å². The first-order chi connectivity index (χ1) is 15.1. The Kier molecular flexibility index (Phi) is 6.47. The van der Waals surface area contributed by atoms with Crippen LogP contribution in [0, 0.1) is 0 Å². The van der Waals surface area contributed by atoms with Gasteiger partial charge in [-0.15, -0.1) is 0 Å². The van der Waals surface area contributed by atoms with E-state index in [0.29, 0.717) is 22.8 Å². The Morgan fingerprint density at radius 3 is 2.16 bits per heavy atom. The van der Waals surface area contributed by atoms with Crippen molar-refractivity contribution in [2.45, 2.75) is 13.1 Å². The maximum absolute atomic E-state index is 12.9. The summed E-state index contributed by atoms with van der Waals surface area (Å²) in [7, 11) is 2.97. The third kappa shape index (κ3) is 4.88. The molecule has 0 N–H and O–H groups in total. The van der Waals surface area contributed by atoms with Crippen molar-refractivity contribution in [3.63, 3.8) is 0 Å². The monoisotopic (exact) mass is 444 g/mol. The number of benzene rings is 2. The van der Waals surface area contributed by atoms with E-state index in [9.17, 15) is 22.8 Å². The highest BCUT2D eigenvalue weighted by Gasteiger charge is 2.30. The molecule has 0 saturated carbocycles. The largest absolute Gasteiger partial charge is 0.493 e. The molecule has 0 unspecified atom stereocenters. The zero-order valence-electron chi connectivity index (χ0n) is 17.4. The van der Waals surface area contributed by atoms with Crippen LogP contribution in [0.3, 0.4) is 0 Å². The van der Waals surface area contributed by atoms with Crippen molar-refractivity contribution in [3.05, 3.63) is 71.9 Å². The fourth-order valence-electron chi connectivity index (χ4n) is 2.96. The lowest BCUT2D eigenvalue weighted by Crippen LogP contribution is -2.09. The summed E-state index contributed by atoms with van der Waals surface area (Å²) in [6.07, 6.45) is -2.28. The van der Waals surface area contributed by atoms with Gasteiger partial charge in [0.1, 0.15) is 5.69 Å². The molecule has 0 amide bonds. The molecular weight excluding hydrogens is 425 g/mol. The zero-order valence-corrected chi connectivity index (χ0v) is 17.4. The van der Waals surface area contributed by atoms with E-state index in [1.807, 2.05) is 0 Å². The number of aromatic nitrogens is 2. The number of halogens is 3. The summed E-state index contributed by atoms with van der Waals surface area (Å²) in [4.78, 5) is 23.9. The summed E-state index contributed by atoms with van der Waals surface area (Å²) in [5.41, 5.74) is 0.484. The number of ketones is 2. The van der Waals surface area contributed by atoms with Gasteiger partial charge in [-0.2, -0.15) is 18.3 Å². The number of hydrogen-bond donors (Lipinski definition) is 0. The van der Waals surface area contributed by atoms with Gasteiger partial charge in [0, 0.05) is 5.56 Å². The molecule has 1 aromatic heterocycles. The summed E-state index contributed by atoms with van der Waals surface area (Å²) in [5.74, 6) is 0.0935. The van der Waals surface area contributed by atoms with Crippen molar-refractivity contribution >= 4 is 11.6 Å². The highest BCUT2D eigenvalue weighted by Crippen LogP contribution is 2.33. The zero-order chi connectivity index (χ0) is 23.5. The third-order valence-electron chi connectivity index (χ3n) is 4.55. The molecule has 166 valence electrons. The van der Waals surface area contributed by atoms with Gasteiger partial charge in [0.05, 0.1) is 31.2 Å². The fourth-order valence-corrected chi connectivity index (χ4v) is 2.96. The summed E-state index contributed by atoms with van der Waals surface area (Å²) in [5, 5.41) is 4.42. The van der Waals surface area contributed by atoms with Crippen LogP contribution in [0.4, 0.5) is 13.2 Å². The molecule has 0 fully saturated rings. The van der Waals surface area contributed by atoms with Crippen molar-refractivity contribution in [2.75, 3.05) is 14.2 Å². The van der Waals surface area contributed by atoms with Crippen LogP contribution in [0.2, 0.25) is 0 Å². The Morgan fingerprint density at radius 1 is 0.938 bits per heavy atom. The molecule has 3 aromatic rings. The van der Waals surface area contributed by atoms with Crippen LogP contribution in [-0.2, 0) is 11.0 Å². The molecule has 0 aliphatic heterocycles. The first-order valence-corrected chi connectivity index (χ1v) is 9.37. The fraction of sp³-hybridized carbons (Fsp3) is 0.174. The van der Waals surface area contributed by atoms with E-state index in [1.54, 1.807) is 18.2 Å². The first kappa shape index (κ1) is 22.8. The van der Waals surface area contributed by atoms with Crippen LogP contribution in [0.1, 0.15) is 23.0 Å². The maximum Gasteiger partial charge on any atom is 0.416 e. The number of methoxy groups -OCH3 is 2. The number of hydrogen-bond acceptors (Lipinski definition) is 5. The summed E-state index contributed by atoms with van der Waals surface area (Å²) in [6.45, 7) is 1.30. The smallest absolute Gasteiger partial charge is 0.416 e. The SMILES string of the molecule is COc1ccc(-c2cc(C(=O)/C=C\C(C)=O)n(-c3ccc(C(F)(F)F)cc3)n2)cc1OC. The van der Waals surface area contributed by atoms with Gasteiger partial charge in [-0.25, -0.2) is 4.68 Å². The third-order valence-corrected chi connectivity index (χ3v) is 4.55. The Morgan fingerprint density at radius 2 is 1.59 bits per heavy atom. The lowest BCUT2D eigenvalue weighted by Gasteiger charge is -2.09. The molecule has 3 rings (SSSR count). The number of ether oxygens (including phenoxy) is 2. The molecular formula is C23H19F3N2O4. The van der Waals surface area contributed by atoms with E-state index >= 15 is 0 Å². The second kappa shape index (κ2) is 9.09.